The molecular formula is C16H18N2O3. The van der Waals surface area contributed by atoms with Gasteiger partial charge in [0.1, 0.15) is 11.5 Å². The van der Waals surface area contributed by atoms with Crippen LogP contribution in [-0.4, -0.2) is 29.1 Å². The molecule has 0 saturated heterocycles. The molecule has 0 fully saturated rings. The molecule has 1 aliphatic heterocycles. The number of hydrogen-bond acceptors (Lipinski definition) is 4. The molecule has 2 aromatic rings. The van der Waals surface area contributed by atoms with E-state index in [1.165, 1.54) is 0 Å². The van der Waals surface area contributed by atoms with Crippen LogP contribution in [0.4, 0.5) is 0 Å². The van der Waals surface area contributed by atoms with E-state index < -0.39 is 0 Å². The first-order chi connectivity index (χ1) is 10.3. The monoisotopic (exact) mass is 286 g/mol. The summed E-state index contributed by atoms with van der Waals surface area (Å²) in [5.41, 5.74) is 2.01. The number of nitrogens with zero attached hydrogens (tertiary/aromatic N) is 2. The lowest BCUT2D eigenvalue weighted by atomic mass is 10.1. The first-order valence-electron chi connectivity index (χ1n) is 7.18. The van der Waals surface area contributed by atoms with E-state index in [2.05, 4.69) is 5.16 Å². The minimum atomic E-state index is 0.131. The highest BCUT2D eigenvalue weighted by molar-refractivity contribution is 5.79. The fraction of sp³-hybridized carbons (Fsp3) is 0.375. The van der Waals surface area contributed by atoms with Gasteiger partial charge in [0.05, 0.1) is 25.8 Å². The van der Waals surface area contributed by atoms with Crippen LogP contribution >= 0.6 is 0 Å². The molecule has 3 rings (SSSR count). The van der Waals surface area contributed by atoms with Gasteiger partial charge in [-0.15, -0.1) is 0 Å². The quantitative estimate of drug-likeness (QED) is 0.864. The van der Waals surface area contributed by atoms with Gasteiger partial charge in [-0.25, -0.2) is 0 Å². The third kappa shape index (κ3) is 3.07. The molecule has 2 heterocycles. The average Bonchev–Trinajstić information content (AvgIpc) is 2.97. The smallest absolute Gasteiger partial charge is 0.227 e. The van der Waals surface area contributed by atoms with E-state index in [0.29, 0.717) is 26.1 Å². The number of ether oxygens (including phenoxy) is 1. The zero-order valence-corrected chi connectivity index (χ0v) is 12.0. The van der Waals surface area contributed by atoms with Crippen LogP contribution in [0.25, 0.3) is 0 Å². The third-order valence-electron chi connectivity index (χ3n) is 3.64. The maximum Gasteiger partial charge on any atom is 0.227 e. The number of rotatable bonds is 4. The minimum absolute atomic E-state index is 0.131. The summed E-state index contributed by atoms with van der Waals surface area (Å²) in [5.74, 6) is 1.87. The lowest BCUT2D eigenvalue weighted by Gasteiger charge is -2.25. The van der Waals surface area contributed by atoms with Crippen molar-refractivity contribution in [2.24, 2.45) is 0 Å². The van der Waals surface area contributed by atoms with Crippen LogP contribution in [0, 0.1) is 0 Å². The molecule has 0 bridgehead atoms. The molecule has 5 nitrogen and oxygen atoms in total. The summed E-state index contributed by atoms with van der Waals surface area (Å²) < 4.78 is 10.5. The Labute approximate surface area is 123 Å². The van der Waals surface area contributed by atoms with Crippen LogP contribution in [0.15, 0.2) is 35.0 Å². The normalized spacial score (nSPS) is 13.9. The second-order valence-corrected chi connectivity index (χ2v) is 5.09. The first-order valence-corrected chi connectivity index (χ1v) is 7.18. The molecule has 5 heteroatoms. The highest BCUT2D eigenvalue weighted by Gasteiger charge is 2.23. The molecule has 0 atom stereocenters. The molecule has 1 aromatic heterocycles. The second-order valence-electron chi connectivity index (χ2n) is 5.09. The largest absolute Gasteiger partial charge is 0.494 e. The van der Waals surface area contributed by atoms with Crippen LogP contribution in [0.2, 0.25) is 0 Å². The van der Waals surface area contributed by atoms with Crippen LogP contribution in [0.5, 0.6) is 5.75 Å². The van der Waals surface area contributed by atoms with Crippen molar-refractivity contribution in [2.75, 3.05) is 13.2 Å². The highest BCUT2D eigenvalue weighted by atomic mass is 16.5. The van der Waals surface area contributed by atoms with Crippen molar-refractivity contribution >= 4 is 5.91 Å². The van der Waals surface area contributed by atoms with Gasteiger partial charge in [0.2, 0.25) is 5.91 Å². The predicted octanol–water partition coefficient (Wildman–Crippen LogP) is 2.20. The number of carbonyl (C=O) groups is 1. The molecule has 0 radical (unpaired) electrons. The van der Waals surface area contributed by atoms with Gasteiger partial charge in [0.15, 0.2) is 0 Å². The Bertz CT molecular complexity index is 619. The summed E-state index contributed by atoms with van der Waals surface area (Å²) in [6.45, 7) is 3.88. The van der Waals surface area contributed by atoms with E-state index in [4.69, 9.17) is 9.26 Å². The van der Waals surface area contributed by atoms with Gasteiger partial charge in [-0.1, -0.05) is 17.3 Å². The molecule has 0 N–H and O–H groups in total. The fourth-order valence-corrected chi connectivity index (χ4v) is 2.51. The number of amides is 1. The highest BCUT2D eigenvalue weighted by Crippen LogP contribution is 2.19. The van der Waals surface area contributed by atoms with E-state index in [0.717, 1.165) is 29.1 Å². The van der Waals surface area contributed by atoms with E-state index in [1.54, 1.807) is 6.20 Å². The van der Waals surface area contributed by atoms with E-state index in [9.17, 15) is 4.79 Å². The Morgan fingerprint density at radius 1 is 1.38 bits per heavy atom. The Morgan fingerprint density at radius 3 is 2.95 bits per heavy atom. The van der Waals surface area contributed by atoms with Crippen molar-refractivity contribution in [1.29, 1.82) is 0 Å². The summed E-state index contributed by atoms with van der Waals surface area (Å²) in [6.07, 6.45) is 2.85. The van der Waals surface area contributed by atoms with Crippen molar-refractivity contribution in [2.45, 2.75) is 26.3 Å². The van der Waals surface area contributed by atoms with Crippen molar-refractivity contribution in [1.82, 2.24) is 10.1 Å². The number of benzene rings is 1. The minimum Gasteiger partial charge on any atom is -0.494 e. The van der Waals surface area contributed by atoms with Crippen LogP contribution in [-0.2, 0) is 24.2 Å². The number of carbonyl (C=O) groups excluding carboxylic acids is 1. The van der Waals surface area contributed by atoms with Gasteiger partial charge in [0.25, 0.3) is 0 Å². The van der Waals surface area contributed by atoms with Crippen molar-refractivity contribution in [3.8, 4) is 5.75 Å². The predicted molar refractivity (Wildman–Crippen MR) is 76.9 cm³/mol. The molecule has 1 aliphatic rings. The maximum atomic E-state index is 12.4. The van der Waals surface area contributed by atoms with E-state index >= 15 is 0 Å². The molecular weight excluding hydrogens is 268 g/mol. The van der Waals surface area contributed by atoms with E-state index in [-0.39, 0.29) is 5.91 Å². The molecule has 0 saturated carbocycles. The zero-order chi connectivity index (χ0) is 14.7. The molecule has 0 spiro atoms. The molecule has 1 amide bonds. The number of aromatic nitrogens is 1. The van der Waals surface area contributed by atoms with Gasteiger partial charge >= 0.3 is 0 Å². The fourth-order valence-electron chi connectivity index (χ4n) is 2.51. The molecule has 1 aromatic carbocycles. The standard InChI is InChI=1S/C16H18N2O3/c1-2-20-14-5-3-12(4-6-14)9-16(19)18-8-7-15-13(11-18)10-17-21-15/h3-6,10H,2,7-9,11H2,1H3. The van der Waals surface area contributed by atoms with Crippen LogP contribution < -0.4 is 4.74 Å². The van der Waals surface area contributed by atoms with Crippen molar-refractivity contribution in [3.05, 3.63) is 47.3 Å². The summed E-state index contributed by atoms with van der Waals surface area (Å²) in [5, 5.41) is 3.78. The Balaban J connectivity index is 1.61. The van der Waals surface area contributed by atoms with Gasteiger partial charge in [0, 0.05) is 18.5 Å². The topological polar surface area (TPSA) is 55.6 Å². The summed E-state index contributed by atoms with van der Waals surface area (Å²) in [4.78, 5) is 14.2. The third-order valence-corrected chi connectivity index (χ3v) is 3.64. The second kappa shape index (κ2) is 5.99. The number of fused-ring (bicyclic) bond motifs is 1. The van der Waals surface area contributed by atoms with Crippen LogP contribution in [0.1, 0.15) is 23.8 Å². The SMILES string of the molecule is CCOc1ccc(CC(=O)N2CCc3oncc3C2)cc1. The molecule has 21 heavy (non-hydrogen) atoms. The van der Waals surface area contributed by atoms with Crippen LogP contribution in [0.3, 0.4) is 0 Å². The van der Waals surface area contributed by atoms with Gasteiger partial charge in [-0.3, -0.25) is 4.79 Å². The molecule has 0 aliphatic carbocycles. The van der Waals surface area contributed by atoms with E-state index in [1.807, 2.05) is 36.1 Å². The lowest BCUT2D eigenvalue weighted by molar-refractivity contribution is -0.131. The lowest BCUT2D eigenvalue weighted by Crippen LogP contribution is -2.36. The number of hydrogen-bond donors (Lipinski definition) is 0. The van der Waals surface area contributed by atoms with Gasteiger partial charge in [-0.05, 0) is 24.6 Å². The maximum absolute atomic E-state index is 12.4. The summed E-state index contributed by atoms with van der Waals surface area (Å²) >= 11 is 0. The Hall–Kier alpha value is -2.30. The van der Waals surface area contributed by atoms with Gasteiger partial charge in [-0.2, -0.15) is 0 Å². The Morgan fingerprint density at radius 2 is 2.19 bits per heavy atom. The van der Waals surface area contributed by atoms with Crippen molar-refractivity contribution < 1.29 is 14.1 Å². The molecule has 110 valence electrons. The summed E-state index contributed by atoms with van der Waals surface area (Å²) in [7, 11) is 0. The summed E-state index contributed by atoms with van der Waals surface area (Å²) in [6, 6.07) is 7.69. The zero-order valence-electron chi connectivity index (χ0n) is 12.0. The molecule has 0 unspecified atom stereocenters. The average molecular weight is 286 g/mol. The first kappa shape index (κ1) is 13.7. The Kier molecular flexibility index (Phi) is 3.90. The van der Waals surface area contributed by atoms with Gasteiger partial charge < -0.3 is 14.2 Å². The van der Waals surface area contributed by atoms with Crippen molar-refractivity contribution in [3.63, 3.8) is 0 Å².